The fourth-order valence-electron chi connectivity index (χ4n) is 2.04. The van der Waals surface area contributed by atoms with E-state index in [0.717, 1.165) is 13.0 Å². The highest BCUT2D eigenvalue weighted by atomic mass is 32.2. The lowest BCUT2D eigenvalue weighted by atomic mass is 10.1. The van der Waals surface area contributed by atoms with Crippen LogP contribution in [0.1, 0.15) is 12.0 Å². The molecule has 0 radical (unpaired) electrons. The Labute approximate surface area is 102 Å². The Kier molecular flexibility index (Phi) is 4.55. The van der Waals surface area contributed by atoms with E-state index in [2.05, 4.69) is 40.9 Å². The largest absolute Gasteiger partial charge is 0.371 e. The lowest BCUT2D eigenvalue weighted by Crippen LogP contribution is -2.25. The molecule has 1 aromatic rings. The van der Waals surface area contributed by atoms with Crippen LogP contribution in [0.2, 0.25) is 0 Å². The summed E-state index contributed by atoms with van der Waals surface area (Å²) in [6.45, 7) is 3.11. The van der Waals surface area contributed by atoms with Crippen LogP contribution in [-0.2, 0) is 6.42 Å². The lowest BCUT2D eigenvalue weighted by Gasteiger charge is -2.22. The van der Waals surface area contributed by atoms with Gasteiger partial charge in [-0.1, -0.05) is 12.1 Å². The van der Waals surface area contributed by atoms with Gasteiger partial charge >= 0.3 is 0 Å². The van der Waals surface area contributed by atoms with Crippen LogP contribution in [0.3, 0.4) is 0 Å². The van der Waals surface area contributed by atoms with E-state index in [9.17, 15) is 0 Å². The van der Waals surface area contributed by atoms with Crippen molar-refractivity contribution >= 4 is 17.4 Å². The number of hydrogen-bond acceptors (Lipinski definition) is 3. The third-order valence-corrected chi connectivity index (χ3v) is 4.01. The molecule has 0 amide bonds. The second kappa shape index (κ2) is 6.16. The van der Waals surface area contributed by atoms with Crippen molar-refractivity contribution in [2.75, 3.05) is 36.0 Å². The molecular weight excluding hydrogens is 216 g/mol. The Morgan fingerprint density at radius 1 is 1.12 bits per heavy atom. The topological polar surface area (TPSA) is 29.3 Å². The van der Waals surface area contributed by atoms with Crippen LogP contribution >= 0.6 is 11.8 Å². The highest BCUT2D eigenvalue weighted by molar-refractivity contribution is 7.99. The van der Waals surface area contributed by atoms with Crippen molar-refractivity contribution in [1.29, 1.82) is 0 Å². The maximum Gasteiger partial charge on any atom is 0.0366 e. The van der Waals surface area contributed by atoms with E-state index >= 15 is 0 Å². The smallest absolute Gasteiger partial charge is 0.0366 e. The van der Waals surface area contributed by atoms with Crippen LogP contribution in [0.25, 0.3) is 0 Å². The third kappa shape index (κ3) is 3.16. The van der Waals surface area contributed by atoms with Crippen LogP contribution in [0, 0.1) is 0 Å². The van der Waals surface area contributed by atoms with Crippen LogP contribution in [0.5, 0.6) is 0 Å². The van der Waals surface area contributed by atoms with E-state index < -0.39 is 0 Å². The molecule has 2 nitrogen and oxygen atoms in total. The normalized spacial score (nSPS) is 17.2. The molecule has 1 saturated heterocycles. The van der Waals surface area contributed by atoms with Crippen molar-refractivity contribution in [3.63, 3.8) is 0 Å². The SMILES string of the molecule is NCCc1ccc(N2CCCSCC2)cc1. The van der Waals surface area contributed by atoms with Gasteiger partial charge in [-0.2, -0.15) is 11.8 Å². The number of nitrogens with two attached hydrogens (primary N) is 1. The van der Waals surface area contributed by atoms with E-state index in [0.29, 0.717) is 0 Å². The van der Waals surface area contributed by atoms with Gasteiger partial charge in [0.05, 0.1) is 0 Å². The van der Waals surface area contributed by atoms with E-state index in [4.69, 9.17) is 5.73 Å². The summed E-state index contributed by atoms with van der Waals surface area (Å²) in [6.07, 6.45) is 2.28. The second-order valence-electron chi connectivity index (χ2n) is 4.16. The van der Waals surface area contributed by atoms with Gasteiger partial charge in [-0.05, 0) is 42.8 Å². The molecule has 2 rings (SSSR count). The number of rotatable bonds is 3. The molecule has 1 aromatic carbocycles. The molecule has 0 aromatic heterocycles. The van der Waals surface area contributed by atoms with E-state index in [1.54, 1.807) is 0 Å². The minimum absolute atomic E-state index is 0.736. The highest BCUT2D eigenvalue weighted by Crippen LogP contribution is 2.19. The molecule has 1 aliphatic rings. The highest BCUT2D eigenvalue weighted by Gasteiger charge is 2.09. The van der Waals surface area contributed by atoms with Crippen molar-refractivity contribution in [1.82, 2.24) is 0 Å². The Balaban J connectivity index is 2.01. The van der Waals surface area contributed by atoms with Crippen molar-refractivity contribution < 1.29 is 0 Å². The first-order valence-corrected chi connectivity index (χ1v) is 7.17. The maximum absolute atomic E-state index is 5.55. The molecule has 0 spiro atoms. The summed E-state index contributed by atoms with van der Waals surface area (Å²) in [5, 5.41) is 0. The molecule has 3 heteroatoms. The zero-order valence-corrected chi connectivity index (χ0v) is 10.5. The van der Waals surface area contributed by atoms with Crippen LogP contribution < -0.4 is 10.6 Å². The molecule has 2 N–H and O–H groups in total. The summed E-state index contributed by atoms with van der Waals surface area (Å²) in [4.78, 5) is 2.49. The quantitative estimate of drug-likeness (QED) is 0.872. The average Bonchev–Trinajstić information content (AvgIpc) is 2.59. The Morgan fingerprint density at radius 2 is 1.94 bits per heavy atom. The number of anilines is 1. The number of nitrogens with zero attached hydrogens (tertiary/aromatic N) is 1. The van der Waals surface area contributed by atoms with Gasteiger partial charge in [0.1, 0.15) is 0 Å². The van der Waals surface area contributed by atoms with Crippen molar-refractivity contribution in [3.05, 3.63) is 29.8 Å². The molecule has 0 unspecified atom stereocenters. The molecule has 1 fully saturated rings. The fourth-order valence-corrected chi connectivity index (χ4v) is 2.93. The van der Waals surface area contributed by atoms with E-state index in [-0.39, 0.29) is 0 Å². The zero-order chi connectivity index (χ0) is 11.2. The van der Waals surface area contributed by atoms with E-state index in [1.807, 2.05) is 0 Å². The molecule has 88 valence electrons. The Morgan fingerprint density at radius 3 is 2.69 bits per heavy atom. The van der Waals surface area contributed by atoms with Crippen molar-refractivity contribution in [2.45, 2.75) is 12.8 Å². The molecule has 0 saturated carbocycles. The predicted octanol–water partition coefficient (Wildman–Crippen LogP) is 2.13. The van der Waals surface area contributed by atoms with Gasteiger partial charge in [-0.15, -0.1) is 0 Å². The zero-order valence-electron chi connectivity index (χ0n) is 9.69. The second-order valence-corrected chi connectivity index (χ2v) is 5.38. The van der Waals surface area contributed by atoms with Crippen LogP contribution in [0.4, 0.5) is 5.69 Å². The molecule has 0 bridgehead atoms. The number of thioether (sulfide) groups is 1. The van der Waals surface area contributed by atoms with E-state index in [1.165, 1.54) is 42.3 Å². The summed E-state index contributed by atoms with van der Waals surface area (Å²) in [5.74, 6) is 2.56. The summed E-state index contributed by atoms with van der Waals surface area (Å²) in [5.41, 5.74) is 8.26. The number of hydrogen-bond donors (Lipinski definition) is 1. The van der Waals surface area contributed by atoms with Crippen LogP contribution in [0.15, 0.2) is 24.3 Å². The van der Waals surface area contributed by atoms with Crippen LogP contribution in [-0.4, -0.2) is 31.1 Å². The third-order valence-electron chi connectivity index (χ3n) is 2.96. The molecule has 16 heavy (non-hydrogen) atoms. The first-order valence-electron chi connectivity index (χ1n) is 6.02. The Bertz CT molecular complexity index is 302. The first kappa shape index (κ1) is 11.8. The maximum atomic E-state index is 5.55. The molecule has 0 atom stereocenters. The first-order chi connectivity index (χ1) is 7.90. The van der Waals surface area contributed by atoms with Gasteiger partial charge in [0, 0.05) is 24.5 Å². The van der Waals surface area contributed by atoms with Gasteiger partial charge in [-0.3, -0.25) is 0 Å². The van der Waals surface area contributed by atoms with Gasteiger partial charge in [0.25, 0.3) is 0 Å². The van der Waals surface area contributed by atoms with Gasteiger partial charge < -0.3 is 10.6 Å². The summed E-state index contributed by atoms with van der Waals surface area (Å²) in [7, 11) is 0. The van der Waals surface area contributed by atoms with Crippen molar-refractivity contribution in [2.24, 2.45) is 5.73 Å². The molecule has 1 heterocycles. The van der Waals surface area contributed by atoms with Crippen molar-refractivity contribution in [3.8, 4) is 0 Å². The lowest BCUT2D eigenvalue weighted by molar-refractivity contribution is 0.815. The molecular formula is C13H20N2S. The van der Waals surface area contributed by atoms with Gasteiger partial charge in [-0.25, -0.2) is 0 Å². The standard InChI is InChI=1S/C13H20N2S/c14-7-6-12-2-4-13(5-3-12)15-8-1-10-16-11-9-15/h2-5H,1,6-11,14H2. The monoisotopic (exact) mass is 236 g/mol. The summed E-state index contributed by atoms with van der Waals surface area (Å²) < 4.78 is 0. The molecule has 0 aliphatic carbocycles. The van der Waals surface area contributed by atoms with Gasteiger partial charge in [0.2, 0.25) is 0 Å². The van der Waals surface area contributed by atoms with Gasteiger partial charge in [0.15, 0.2) is 0 Å². The number of benzene rings is 1. The predicted molar refractivity (Wildman–Crippen MR) is 73.4 cm³/mol. The minimum atomic E-state index is 0.736. The fraction of sp³-hybridized carbons (Fsp3) is 0.538. The summed E-state index contributed by atoms with van der Waals surface area (Å²) >= 11 is 2.07. The average molecular weight is 236 g/mol. The minimum Gasteiger partial charge on any atom is -0.371 e. The molecule has 1 aliphatic heterocycles. The Hall–Kier alpha value is -0.670. The summed E-state index contributed by atoms with van der Waals surface area (Å²) in [6, 6.07) is 8.89.